The topological polar surface area (TPSA) is 255 Å². The van der Waals surface area contributed by atoms with Crippen molar-refractivity contribution < 1.29 is 44.1 Å². The number of nitrogens with one attached hydrogen (secondary N) is 2. The molecule has 1 fully saturated rings. The first-order valence-electron chi connectivity index (χ1n) is 11.5. The third-order valence-electron chi connectivity index (χ3n) is 5.53. The fourth-order valence-corrected chi connectivity index (χ4v) is 8.28. The van der Waals surface area contributed by atoms with Crippen LogP contribution in [0.25, 0.3) is 0 Å². The number of aromatic carboxylic acids is 1. The lowest BCUT2D eigenvalue weighted by atomic mass is 10.0. The lowest BCUT2D eigenvalue weighted by molar-refractivity contribution is -0.150. The van der Waals surface area contributed by atoms with Crippen molar-refractivity contribution in [1.29, 1.82) is 0 Å². The van der Waals surface area contributed by atoms with Crippen LogP contribution in [0.4, 0.5) is 5.13 Å². The normalized spacial score (nSPS) is 19.1. The minimum absolute atomic E-state index is 0.00383. The number of hydrogen-bond acceptors (Lipinski definition) is 15. The molecule has 2 amide bonds. The van der Waals surface area contributed by atoms with Gasteiger partial charge < -0.3 is 31.2 Å². The molecular weight excluding hydrogens is 657 g/mol. The average Bonchev–Trinajstić information content (AvgIpc) is 3.53. The number of nitrogen functional groups attached to an aromatic ring is 1. The van der Waals surface area contributed by atoms with Gasteiger partial charge in [0, 0.05) is 16.9 Å². The number of carboxylic acid groups (broad SMARTS) is 3. The van der Waals surface area contributed by atoms with Crippen LogP contribution in [-0.2, 0) is 24.0 Å². The van der Waals surface area contributed by atoms with E-state index in [9.17, 15) is 44.1 Å². The summed E-state index contributed by atoms with van der Waals surface area (Å²) in [6.07, 6.45) is 0. The van der Waals surface area contributed by atoms with Crippen LogP contribution in [0.5, 0.6) is 0 Å². The van der Waals surface area contributed by atoms with Crippen LogP contribution in [0.3, 0.4) is 0 Å². The van der Waals surface area contributed by atoms with E-state index < -0.39 is 63.4 Å². The van der Waals surface area contributed by atoms with Gasteiger partial charge in [-0.25, -0.2) is 19.4 Å². The number of carboxylic acids is 3. The van der Waals surface area contributed by atoms with E-state index in [0.717, 1.165) is 51.3 Å². The van der Waals surface area contributed by atoms with E-state index in [-0.39, 0.29) is 32.2 Å². The molecule has 2 aliphatic rings. The van der Waals surface area contributed by atoms with E-state index in [2.05, 4.69) is 19.8 Å². The van der Waals surface area contributed by atoms with E-state index in [0.29, 0.717) is 11.3 Å². The number of aromatic nitrogens is 2. The summed E-state index contributed by atoms with van der Waals surface area (Å²) in [6, 6.07) is -1.15. The Morgan fingerprint density at radius 3 is 2.62 bits per heavy atom. The largest absolute Gasteiger partial charge is 0.478 e. The predicted molar refractivity (Wildman–Crippen MR) is 156 cm³/mol. The Morgan fingerprint density at radius 1 is 1.29 bits per heavy atom. The van der Waals surface area contributed by atoms with Gasteiger partial charge in [-0.15, -0.1) is 46.6 Å². The molecule has 0 saturated carbocycles. The van der Waals surface area contributed by atoms with Crippen LogP contribution in [-0.4, -0.2) is 99.1 Å². The molecule has 3 atom stereocenters. The van der Waals surface area contributed by atoms with Crippen molar-refractivity contribution in [2.24, 2.45) is 5.16 Å². The Kier molecular flexibility index (Phi) is 9.86. The molecule has 0 bridgehead atoms. The Balaban J connectivity index is 1.52. The minimum Gasteiger partial charge on any atom is -0.478 e. The van der Waals surface area contributed by atoms with Crippen molar-refractivity contribution >= 4 is 98.7 Å². The molecular formula is C21H20N6O10S5. The molecule has 0 aliphatic carbocycles. The fraction of sp³-hybridized carbons (Fsp3) is 0.333. The molecule has 21 heteroatoms. The van der Waals surface area contributed by atoms with Crippen LogP contribution >= 0.6 is 58.2 Å². The number of hydrogen-bond donors (Lipinski definition) is 6. The second-order valence-corrected chi connectivity index (χ2v) is 13.5. The van der Waals surface area contributed by atoms with Crippen LogP contribution in [0.2, 0.25) is 0 Å². The summed E-state index contributed by atoms with van der Waals surface area (Å²) in [5.74, 6) is -5.26. The van der Waals surface area contributed by atoms with Gasteiger partial charge in [-0.05, 0) is 11.3 Å². The molecule has 0 radical (unpaired) electrons. The predicted octanol–water partition coefficient (Wildman–Crippen LogP) is 0.589. The number of thioether (sulfide) groups is 3. The quantitative estimate of drug-likeness (QED) is 0.0558. The van der Waals surface area contributed by atoms with Crippen LogP contribution in [0.1, 0.15) is 23.0 Å². The molecule has 0 aromatic carbocycles. The van der Waals surface area contributed by atoms with Gasteiger partial charge in [-0.2, -0.15) is 0 Å². The molecule has 7 N–H and O–H groups in total. The number of amides is 2. The standard InChI is InChI=1S/C21H20N6O10S5/c1-2-38-19(18(35)36)37-25-9(7-5-41-21(22)23-7)13(29)24-10-14(30)27-11(17(33)34)6(3-39-15(10)27)4-40-20-8(16(31)32)12(28)26-42-20/h5,10,15,19H,2-4H2,1H3,(H2,22,23)(H,24,29)(H,26,28)(H,31,32)(H,33,34)(H,35,36)/b25-9-/t10-,15+,19-/m1/s1. The molecule has 0 spiro atoms. The number of oxime groups is 1. The molecule has 224 valence electrons. The SMILES string of the molecule is CCS[C@@H](O/N=C(\C(=O)N[C@@H]1C(=O)N2C(C(=O)O)=C(CSc3s[nH]c(=O)c3C(=O)O)CS[C@@H]12)c1csc(N)n1)C(=O)O. The zero-order valence-electron chi connectivity index (χ0n) is 21.1. The zero-order chi connectivity index (χ0) is 30.7. The third-order valence-corrected chi connectivity index (χ3v) is 10.7. The molecule has 0 unspecified atom stereocenters. The maximum absolute atomic E-state index is 13.2. The number of fused-ring (bicyclic) bond motifs is 1. The third kappa shape index (κ3) is 6.43. The van der Waals surface area contributed by atoms with Crippen molar-refractivity contribution in [1.82, 2.24) is 19.6 Å². The summed E-state index contributed by atoms with van der Waals surface area (Å²) >= 11 is 4.85. The molecule has 2 aliphatic heterocycles. The van der Waals surface area contributed by atoms with Gasteiger partial charge >= 0.3 is 17.9 Å². The smallest absolute Gasteiger partial charge is 0.358 e. The molecule has 16 nitrogen and oxygen atoms in total. The number of thiazole rings is 1. The van der Waals surface area contributed by atoms with Crippen LogP contribution in [0.15, 0.2) is 30.8 Å². The maximum atomic E-state index is 13.2. The van der Waals surface area contributed by atoms with Gasteiger partial charge in [0.05, 0.1) is 4.21 Å². The van der Waals surface area contributed by atoms with Crippen molar-refractivity contribution in [3.05, 3.63) is 38.3 Å². The summed E-state index contributed by atoms with van der Waals surface area (Å²) in [5, 5.41) is 35.4. The molecule has 4 heterocycles. The van der Waals surface area contributed by atoms with E-state index in [1.165, 1.54) is 17.1 Å². The monoisotopic (exact) mass is 676 g/mol. The van der Waals surface area contributed by atoms with Gasteiger partial charge in [-0.1, -0.05) is 23.6 Å². The van der Waals surface area contributed by atoms with Gasteiger partial charge in [0.15, 0.2) is 16.4 Å². The van der Waals surface area contributed by atoms with Gasteiger partial charge in [0.25, 0.3) is 22.8 Å². The van der Waals surface area contributed by atoms with E-state index in [1.807, 2.05) is 0 Å². The zero-order valence-corrected chi connectivity index (χ0v) is 25.2. The number of aromatic amines is 1. The summed E-state index contributed by atoms with van der Waals surface area (Å²) < 4.78 is 2.49. The number of aliphatic carboxylic acids is 2. The number of rotatable bonds is 13. The van der Waals surface area contributed by atoms with Crippen molar-refractivity contribution in [2.45, 2.75) is 28.0 Å². The van der Waals surface area contributed by atoms with E-state index in [4.69, 9.17) is 10.6 Å². The van der Waals surface area contributed by atoms with Crippen molar-refractivity contribution in [3.63, 3.8) is 0 Å². The molecule has 2 aromatic rings. The minimum atomic E-state index is -1.42. The summed E-state index contributed by atoms with van der Waals surface area (Å²) in [6.45, 7) is 1.71. The molecule has 4 rings (SSSR count). The highest BCUT2D eigenvalue weighted by Crippen LogP contribution is 2.42. The summed E-state index contributed by atoms with van der Waals surface area (Å²) in [5.41, 5.74) is 2.62. The summed E-state index contributed by atoms with van der Waals surface area (Å²) in [4.78, 5) is 83.2. The van der Waals surface area contributed by atoms with Gasteiger partial charge in [-0.3, -0.25) is 23.7 Å². The Hall–Kier alpha value is -3.53. The highest BCUT2D eigenvalue weighted by Gasteiger charge is 2.54. The second kappa shape index (κ2) is 13.2. The number of anilines is 1. The summed E-state index contributed by atoms with van der Waals surface area (Å²) in [7, 11) is 0. The lowest BCUT2D eigenvalue weighted by Crippen LogP contribution is -2.71. The number of H-pyrrole nitrogens is 1. The highest BCUT2D eigenvalue weighted by molar-refractivity contribution is 8.02. The maximum Gasteiger partial charge on any atom is 0.358 e. The van der Waals surface area contributed by atoms with Crippen molar-refractivity contribution in [2.75, 3.05) is 23.0 Å². The number of nitrogens with two attached hydrogens (primary N) is 1. The number of β-lactam (4-membered cyclic amide) rings is 1. The Bertz CT molecular complexity index is 1560. The fourth-order valence-electron chi connectivity index (χ4n) is 3.73. The molecule has 2 aromatic heterocycles. The first-order chi connectivity index (χ1) is 19.9. The molecule has 1 saturated heterocycles. The first kappa shape index (κ1) is 31.4. The number of nitrogens with zero attached hydrogens (tertiary/aromatic N) is 3. The Labute approximate surface area is 255 Å². The lowest BCUT2D eigenvalue weighted by Gasteiger charge is -2.49. The van der Waals surface area contributed by atoms with Gasteiger partial charge in [0.1, 0.15) is 22.8 Å². The number of carbonyl (C=O) groups is 5. The second-order valence-electron chi connectivity index (χ2n) is 8.15. The average molecular weight is 677 g/mol. The van der Waals surface area contributed by atoms with E-state index >= 15 is 0 Å². The van der Waals surface area contributed by atoms with Gasteiger partial charge in [0.2, 0.25) is 0 Å². The first-order valence-corrected chi connectivity index (χ1v) is 16.3. The van der Waals surface area contributed by atoms with E-state index in [1.54, 1.807) is 6.92 Å². The molecule has 42 heavy (non-hydrogen) atoms. The van der Waals surface area contributed by atoms with Crippen LogP contribution < -0.4 is 16.6 Å². The van der Waals surface area contributed by atoms with Crippen molar-refractivity contribution in [3.8, 4) is 0 Å². The van der Waals surface area contributed by atoms with Crippen LogP contribution in [0, 0.1) is 0 Å². The highest BCUT2D eigenvalue weighted by atomic mass is 32.2. The number of carbonyl (C=O) groups excluding carboxylic acids is 2. The Morgan fingerprint density at radius 2 is 2.02 bits per heavy atom.